The second kappa shape index (κ2) is 5.82. The molecule has 2 aromatic rings. The maximum absolute atomic E-state index is 12.5. The van der Waals surface area contributed by atoms with Crippen LogP contribution < -0.4 is 10.5 Å². The Balaban J connectivity index is 1.39. The van der Waals surface area contributed by atoms with Gasteiger partial charge in [0.2, 0.25) is 0 Å². The zero-order chi connectivity index (χ0) is 17.6. The third-order valence-electron chi connectivity index (χ3n) is 4.68. The fraction of sp³-hybridized carbons (Fsp3) is 0.500. The summed E-state index contributed by atoms with van der Waals surface area (Å²) < 4.78 is 39.0. The molecule has 0 aromatic carbocycles. The minimum Gasteiger partial charge on any atom is -0.354 e. The molecule has 25 heavy (non-hydrogen) atoms. The third kappa shape index (κ3) is 3.10. The van der Waals surface area contributed by atoms with Gasteiger partial charge >= 0.3 is 6.18 Å². The van der Waals surface area contributed by atoms with Crippen molar-refractivity contribution in [1.82, 2.24) is 20.0 Å². The first-order chi connectivity index (χ1) is 11.9. The molecule has 0 unspecified atom stereocenters. The molecule has 0 N–H and O–H groups in total. The summed E-state index contributed by atoms with van der Waals surface area (Å²) in [5.41, 5.74) is 0.969. The van der Waals surface area contributed by atoms with Crippen molar-refractivity contribution in [2.75, 3.05) is 18.0 Å². The van der Waals surface area contributed by atoms with Crippen molar-refractivity contribution in [1.29, 1.82) is 0 Å². The summed E-state index contributed by atoms with van der Waals surface area (Å²) in [6.07, 6.45) is -1.62. The van der Waals surface area contributed by atoms with E-state index < -0.39 is 11.9 Å². The first-order valence-electron chi connectivity index (χ1n) is 8.16. The summed E-state index contributed by atoms with van der Waals surface area (Å²) >= 11 is 0. The fourth-order valence-electron chi connectivity index (χ4n) is 3.33. The van der Waals surface area contributed by atoms with Crippen molar-refractivity contribution in [2.24, 2.45) is 5.92 Å². The van der Waals surface area contributed by atoms with Gasteiger partial charge in [-0.15, -0.1) is 10.2 Å². The minimum atomic E-state index is -4.48. The number of hydrogen-bond acceptors (Lipinski definition) is 5. The smallest absolute Gasteiger partial charge is 0.354 e. The molecular weight excluding hydrogens is 335 g/mol. The molecule has 9 heteroatoms. The normalized spacial score (nSPS) is 17.5. The summed E-state index contributed by atoms with van der Waals surface area (Å²) in [6, 6.07) is 3.93. The lowest BCUT2D eigenvalue weighted by molar-refractivity contribution is -0.141. The van der Waals surface area contributed by atoms with Crippen LogP contribution in [0.2, 0.25) is 0 Å². The maximum Gasteiger partial charge on any atom is 0.435 e. The Morgan fingerprint density at radius 2 is 1.96 bits per heavy atom. The Bertz CT molecular complexity index is 840. The molecule has 2 aliphatic rings. The molecule has 0 radical (unpaired) electrons. The van der Waals surface area contributed by atoms with Gasteiger partial charge in [-0.1, -0.05) is 0 Å². The van der Waals surface area contributed by atoms with Crippen LogP contribution in [0.5, 0.6) is 0 Å². The Morgan fingerprint density at radius 1 is 1.16 bits per heavy atom. The Morgan fingerprint density at radius 3 is 2.64 bits per heavy atom. The highest BCUT2D eigenvalue weighted by Crippen LogP contribution is 2.29. The quantitative estimate of drug-likeness (QED) is 0.842. The van der Waals surface area contributed by atoms with E-state index in [-0.39, 0.29) is 11.5 Å². The SMILES string of the molecule is O=c1cc2c(nn1CC1CN(c3ccc(C(F)(F)F)nn3)C1)CCC2. The Labute approximate surface area is 141 Å². The number of anilines is 1. The van der Waals surface area contributed by atoms with Crippen LogP contribution >= 0.6 is 0 Å². The molecule has 0 saturated carbocycles. The van der Waals surface area contributed by atoms with E-state index in [0.29, 0.717) is 25.5 Å². The molecule has 0 bridgehead atoms. The molecule has 1 aliphatic carbocycles. The second-order valence-corrected chi connectivity index (χ2v) is 6.54. The fourth-order valence-corrected chi connectivity index (χ4v) is 3.33. The Hall–Kier alpha value is -2.45. The number of alkyl halides is 3. The zero-order valence-corrected chi connectivity index (χ0v) is 13.3. The standard InChI is InChI=1S/C16H16F3N5O/c17-16(18,19)13-4-5-14(21-20-13)23-7-10(8-23)9-24-15(25)6-11-2-1-3-12(11)22-24/h4-6,10H,1-3,7-9H2. The van der Waals surface area contributed by atoms with Gasteiger partial charge < -0.3 is 4.90 Å². The largest absolute Gasteiger partial charge is 0.435 e. The van der Waals surface area contributed by atoms with Crippen LogP contribution in [-0.2, 0) is 25.6 Å². The average Bonchev–Trinajstić information content (AvgIpc) is 2.96. The van der Waals surface area contributed by atoms with Gasteiger partial charge in [0.25, 0.3) is 5.56 Å². The third-order valence-corrected chi connectivity index (χ3v) is 4.68. The van der Waals surface area contributed by atoms with E-state index in [2.05, 4.69) is 15.3 Å². The van der Waals surface area contributed by atoms with Crippen LogP contribution in [0.4, 0.5) is 19.0 Å². The number of aryl methyl sites for hydroxylation is 2. The van der Waals surface area contributed by atoms with E-state index in [4.69, 9.17) is 0 Å². The lowest BCUT2D eigenvalue weighted by atomic mass is 10.0. The van der Waals surface area contributed by atoms with Gasteiger partial charge in [-0.2, -0.15) is 18.3 Å². The van der Waals surface area contributed by atoms with Crippen LogP contribution in [0, 0.1) is 5.92 Å². The summed E-state index contributed by atoms with van der Waals surface area (Å²) in [6.45, 7) is 1.74. The summed E-state index contributed by atoms with van der Waals surface area (Å²) in [7, 11) is 0. The van der Waals surface area contributed by atoms with Crippen LogP contribution in [0.1, 0.15) is 23.4 Å². The molecule has 6 nitrogen and oxygen atoms in total. The van der Waals surface area contributed by atoms with Gasteiger partial charge in [-0.25, -0.2) is 4.68 Å². The van der Waals surface area contributed by atoms with Gasteiger partial charge in [-0.3, -0.25) is 4.79 Å². The van der Waals surface area contributed by atoms with E-state index >= 15 is 0 Å². The van der Waals surface area contributed by atoms with Crippen LogP contribution in [0.15, 0.2) is 23.0 Å². The number of hydrogen-bond donors (Lipinski definition) is 0. The topological polar surface area (TPSA) is 63.9 Å². The zero-order valence-electron chi connectivity index (χ0n) is 13.3. The van der Waals surface area contributed by atoms with Gasteiger partial charge in [-0.05, 0) is 37.0 Å². The predicted octanol–water partition coefficient (Wildman–Crippen LogP) is 1.68. The van der Waals surface area contributed by atoms with Crippen molar-refractivity contribution < 1.29 is 13.2 Å². The van der Waals surface area contributed by atoms with Gasteiger partial charge in [0.1, 0.15) is 0 Å². The van der Waals surface area contributed by atoms with Crippen LogP contribution in [-0.4, -0.2) is 33.1 Å². The first-order valence-corrected chi connectivity index (χ1v) is 8.16. The first kappa shape index (κ1) is 16.0. The van der Waals surface area contributed by atoms with Crippen molar-refractivity contribution in [2.45, 2.75) is 32.0 Å². The molecule has 2 aromatic heterocycles. The highest BCUT2D eigenvalue weighted by atomic mass is 19.4. The van der Waals surface area contributed by atoms with E-state index in [9.17, 15) is 18.0 Å². The van der Waals surface area contributed by atoms with E-state index in [1.54, 1.807) is 6.07 Å². The summed E-state index contributed by atoms with van der Waals surface area (Å²) in [5, 5.41) is 11.3. The maximum atomic E-state index is 12.5. The van der Waals surface area contributed by atoms with Crippen molar-refractivity contribution in [3.63, 3.8) is 0 Å². The molecule has 3 heterocycles. The summed E-state index contributed by atoms with van der Waals surface area (Å²) in [5.74, 6) is 0.632. The molecule has 4 rings (SSSR count). The van der Waals surface area contributed by atoms with E-state index in [1.165, 1.54) is 10.7 Å². The Kier molecular flexibility index (Phi) is 3.73. The van der Waals surface area contributed by atoms with E-state index in [0.717, 1.165) is 36.6 Å². The van der Waals surface area contributed by atoms with E-state index in [1.807, 2.05) is 4.90 Å². The van der Waals surface area contributed by atoms with Gasteiger partial charge in [0.15, 0.2) is 11.5 Å². The lowest BCUT2D eigenvalue weighted by Crippen LogP contribution is -2.50. The van der Waals surface area contributed by atoms with Gasteiger partial charge in [0, 0.05) is 25.1 Å². The molecule has 1 saturated heterocycles. The number of nitrogens with zero attached hydrogens (tertiary/aromatic N) is 5. The highest BCUT2D eigenvalue weighted by molar-refractivity contribution is 5.40. The van der Waals surface area contributed by atoms with Crippen molar-refractivity contribution in [3.05, 3.63) is 45.5 Å². The minimum absolute atomic E-state index is 0.0894. The molecule has 132 valence electrons. The average molecular weight is 351 g/mol. The summed E-state index contributed by atoms with van der Waals surface area (Å²) in [4.78, 5) is 13.9. The van der Waals surface area contributed by atoms with Crippen LogP contribution in [0.25, 0.3) is 0 Å². The highest BCUT2D eigenvalue weighted by Gasteiger charge is 2.34. The van der Waals surface area contributed by atoms with Crippen molar-refractivity contribution >= 4 is 5.82 Å². The number of rotatable bonds is 3. The number of aromatic nitrogens is 4. The van der Waals surface area contributed by atoms with Crippen LogP contribution in [0.3, 0.4) is 0 Å². The molecular formula is C16H16F3N5O. The molecule has 0 amide bonds. The molecule has 1 aliphatic heterocycles. The number of fused-ring (bicyclic) bond motifs is 1. The second-order valence-electron chi connectivity index (χ2n) is 6.54. The molecule has 0 spiro atoms. The monoisotopic (exact) mass is 351 g/mol. The van der Waals surface area contributed by atoms with Crippen molar-refractivity contribution in [3.8, 4) is 0 Å². The lowest BCUT2D eigenvalue weighted by Gasteiger charge is -2.39. The molecule has 0 atom stereocenters. The predicted molar refractivity (Wildman–Crippen MR) is 83.3 cm³/mol. The molecule has 1 fully saturated rings. The van der Waals surface area contributed by atoms with Gasteiger partial charge in [0.05, 0.1) is 12.2 Å². The number of halogens is 3.